The molecule has 0 saturated carbocycles. The molecular formula is C24H22N4O2. The molecule has 150 valence electrons. The second-order valence-electron chi connectivity index (χ2n) is 6.52. The normalized spacial score (nSPS) is 10.3. The Labute approximate surface area is 175 Å². The van der Waals surface area contributed by atoms with Gasteiger partial charge >= 0.3 is 0 Å². The lowest BCUT2D eigenvalue weighted by atomic mass is 10.2. The third-order valence-electron chi connectivity index (χ3n) is 4.43. The fourth-order valence-electron chi connectivity index (χ4n) is 2.94. The first kappa shape index (κ1) is 19.3. The highest BCUT2D eigenvalue weighted by molar-refractivity contribution is 5.59. The van der Waals surface area contributed by atoms with E-state index in [2.05, 4.69) is 20.6 Å². The van der Waals surface area contributed by atoms with Crippen molar-refractivity contribution in [1.82, 2.24) is 9.97 Å². The summed E-state index contributed by atoms with van der Waals surface area (Å²) in [4.78, 5) is 8.58. The van der Waals surface area contributed by atoms with Gasteiger partial charge in [0.05, 0.1) is 7.11 Å². The third kappa shape index (κ3) is 5.05. The van der Waals surface area contributed by atoms with Gasteiger partial charge in [0.25, 0.3) is 0 Å². The van der Waals surface area contributed by atoms with Crippen LogP contribution in [0.1, 0.15) is 5.56 Å². The Hall–Kier alpha value is -4.06. The number of aromatic nitrogens is 2. The average Bonchev–Trinajstić information content (AvgIpc) is 2.80. The zero-order valence-electron chi connectivity index (χ0n) is 16.6. The van der Waals surface area contributed by atoms with Gasteiger partial charge in [0.1, 0.15) is 35.2 Å². The van der Waals surface area contributed by atoms with Crippen molar-refractivity contribution in [2.75, 3.05) is 17.7 Å². The second-order valence-corrected chi connectivity index (χ2v) is 6.52. The van der Waals surface area contributed by atoms with Crippen LogP contribution in [-0.4, -0.2) is 17.1 Å². The van der Waals surface area contributed by atoms with Crippen LogP contribution in [0.4, 0.5) is 17.3 Å². The number of hydrogen-bond donors (Lipinski definition) is 2. The first-order chi connectivity index (χ1) is 14.8. The molecule has 0 radical (unpaired) electrons. The molecule has 0 unspecified atom stereocenters. The van der Waals surface area contributed by atoms with E-state index in [-0.39, 0.29) is 0 Å². The van der Waals surface area contributed by atoms with Crippen molar-refractivity contribution < 1.29 is 9.47 Å². The van der Waals surface area contributed by atoms with Crippen LogP contribution in [0.3, 0.4) is 0 Å². The van der Waals surface area contributed by atoms with E-state index in [9.17, 15) is 0 Å². The van der Waals surface area contributed by atoms with Gasteiger partial charge in [-0.25, -0.2) is 9.97 Å². The summed E-state index contributed by atoms with van der Waals surface area (Å²) in [6, 6.07) is 27.2. The maximum absolute atomic E-state index is 5.82. The topological polar surface area (TPSA) is 68.3 Å². The van der Waals surface area contributed by atoms with Crippen molar-refractivity contribution in [2.45, 2.75) is 6.54 Å². The molecule has 0 aliphatic rings. The van der Waals surface area contributed by atoms with Gasteiger partial charge in [-0.05, 0) is 42.5 Å². The van der Waals surface area contributed by atoms with Gasteiger partial charge in [-0.15, -0.1) is 0 Å². The Morgan fingerprint density at radius 2 is 1.47 bits per heavy atom. The molecule has 0 spiro atoms. The number of hydrogen-bond acceptors (Lipinski definition) is 6. The van der Waals surface area contributed by atoms with E-state index >= 15 is 0 Å². The molecule has 1 heterocycles. The number of anilines is 3. The number of benzene rings is 3. The van der Waals surface area contributed by atoms with Gasteiger partial charge < -0.3 is 20.1 Å². The standard InChI is InChI=1S/C24H22N4O2/c1-29-22-10-6-5-7-18(22)16-25-23-15-24(27-17-26-23)28-19-11-13-21(14-12-19)30-20-8-3-2-4-9-20/h2-15,17H,16H2,1H3,(H2,25,26,27,28). The summed E-state index contributed by atoms with van der Waals surface area (Å²) in [5, 5.41) is 6.59. The van der Waals surface area contributed by atoms with Crippen LogP contribution in [0.15, 0.2) is 91.3 Å². The lowest BCUT2D eigenvalue weighted by Crippen LogP contribution is -2.04. The zero-order chi connectivity index (χ0) is 20.6. The van der Waals surface area contributed by atoms with Crippen LogP contribution >= 0.6 is 0 Å². The Morgan fingerprint density at radius 1 is 0.767 bits per heavy atom. The van der Waals surface area contributed by atoms with Crippen LogP contribution in [0.2, 0.25) is 0 Å². The molecule has 0 aliphatic carbocycles. The minimum absolute atomic E-state index is 0.603. The molecule has 0 bridgehead atoms. The Kier molecular flexibility index (Phi) is 6.05. The molecule has 1 aromatic heterocycles. The highest BCUT2D eigenvalue weighted by atomic mass is 16.5. The smallest absolute Gasteiger partial charge is 0.135 e. The minimum Gasteiger partial charge on any atom is -0.496 e. The zero-order valence-corrected chi connectivity index (χ0v) is 16.6. The minimum atomic E-state index is 0.603. The molecule has 4 rings (SSSR count). The number of para-hydroxylation sites is 2. The predicted molar refractivity (Wildman–Crippen MR) is 119 cm³/mol. The van der Waals surface area contributed by atoms with Crippen molar-refractivity contribution in [1.29, 1.82) is 0 Å². The number of methoxy groups -OCH3 is 1. The molecule has 0 atom stereocenters. The summed E-state index contributed by atoms with van der Waals surface area (Å²) in [5.41, 5.74) is 1.96. The fraction of sp³-hybridized carbons (Fsp3) is 0.0833. The van der Waals surface area contributed by atoms with Crippen LogP contribution in [-0.2, 0) is 6.54 Å². The van der Waals surface area contributed by atoms with E-state index in [1.54, 1.807) is 7.11 Å². The van der Waals surface area contributed by atoms with Crippen LogP contribution < -0.4 is 20.1 Å². The maximum Gasteiger partial charge on any atom is 0.135 e. The summed E-state index contributed by atoms with van der Waals surface area (Å²) >= 11 is 0. The lowest BCUT2D eigenvalue weighted by Gasteiger charge is -2.11. The van der Waals surface area contributed by atoms with Gasteiger partial charge in [-0.3, -0.25) is 0 Å². The fourth-order valence-corrected chi connectivity index (χ4v) is 2.94. The summed E-state index contributed by atoms with van der Waals surface area (Å²) in [6.45, 7) is 0.603. The predicted octanol–water partition coefficient (Wildman–Crippen LogP) is 5.63. The Bertz CT molecular complexity index is 1090. The van der Waals surface area contributed by atoms with Crippen molar-refractivity contribution in [2.24, 2.45) is 0 Å². The van der Waals surface area contributed by atoms with Crippen LogP contribution in [0.25, 0.3) is 0 Å². The van der Waals surface area contributed by atoms with Gasteiger partial charge in [0, 0.05) is 23.9 Å². The largest absolute Gasteiger partial charge is 0.496 e. The van der Waals surface area contributed by atoms with Gasteiger partial charge in [0.2, 0.25) is 0 Å². The monoisotopic (exact) mass is 398 g/mol. The van der Waals surface area contributed by atoms with E-state index in [1.807, 2.05) is 84.9 Å². The molecule has 0 aliphatic heterocycles. The van der Waals surface area contributed by atoms with Crippen molar-refractivity contribution >= 4 is 17.3 Å². The highest BCUT2D eigenvalue weighted by Gasteiger charge is 2.04. The maximum atomic E-state index is 5.82. The molecule has 0 saturated heterocycles. The quantitative estimate of drug-likeness (QED) is 0.401. The number of nitrogens with zero attached hydrogens (tertiary/aromatic N) is 2. The molecule has 2 N–H and O–H groups in total. The highest BCUT2D eigenvalue weighted by Crippen LogP contribution is 2.24. The van der Waals surface area contributed by atoms with Crippen LogP contribution in [0, 0.1) is 0 Å². The number of rotatable bonds is 8. The van der Waals surface area contributed by atoms with E-state index in [4.69, 9.17) is 9.47 Å². The molecule has 0 amide bonds. The summed E-state index contributed by atoms with van der Waals surface area (Å²) in [5.74, 6) is 3.84. The van der Waals surface area contributed by atoms with E-state index in [0.717, 1.165) is 34.3 Å². The molecule has 6 nitrogen and oxygen atoms in total. The summed E-state index contributed by atoms with van der Waals surface area (Å²) < 4.78 is 11.2. The molecule has 30 heavy (non-hydrogen) atoms. The van der Waals surface area contributed by atoms with Crippen LogP contribution in [0.5, 0.6) is 17.2 Å². The first-order valence-electron chi connectivity index (χ1n) is 9.58. The summed E-state index contributed by atoms with van der Waals surface area (Å²) in [6.07, 6.45) is 1.53. The SMILES string of the molecule is COc1ccccc1CNc1cc(Nc2ccc(Oc3ccccc3)cc2)ncn1. The van der Waals surface area contributed by atoms with Crippen molar-refractivity contribution in [3.63, 3.8) is 0 Å². The van der Waals surface area contributed by atoms with Gasteiger partial charge in [-0.1, -0.05) is 36.4 Å². The lowest BCUT2D eigenvalue weighted by molar-refractivity contribution is 0.410. The number of ether oxygens (including phenoxy) is 2. The molecular weight excluding hydrogens is 376 g/mol. The van der Waals surface area contributed by atoms with E-state index in [0.29, 0.717) is 12.4 Å². The third-order valence-corrected chi connectivity index (χ3v) is 4.43. The Balaban J connectivity index is 1.38. The second kappa shape index (κ2) is 9.43. The van der Waals surface area contributed by atoms with Crippen molar-refractivity contribution in [3.05, 3.63) is 96.8 Å². The average molecular weight is 398 g/mol. The molecule has 0 fully saturated rings. The molecule has 3 aromatic carbocycles. The Morgan fingerprint density at radius 3 is 2.27 bits per heavy atom. The molecule has 4 aromatic rings. The number of nitrogens with one attached hydrogen (secondary N) is 2. The van der Waals surface area contributed by atoms with Crippen molar-refractivity contribution in [3.8, 4) is 17.2 Å². The van der Waals surface area contributed by atoms with E-state index in [1.165, 1.54) is 6.33 Å². The van der Waals surface area contributed by atoms with E-state index < -0.39 is 0 Å². The van der Waals surface area contributed by atoms with Gasteiger partial charge in [0.15, 0.2) is 0 Å². The molecule has 6 heteroatoms. The first-order valence-corrected chi connectivity index (χ1v) is 9.58. The van der Waals surface area contributed by atoms with Gasteiger partial charge in [-0.2, -0.15) is 0 Å². The summed E-state index contributed by atoms with van der Waals surface area (Å²) in [7, 11) is 1.67.